The monoisotopic (exact) mass is 243 g/mol. The van der Waals surface area contributed by atoms with Crippen LogP contribution in [0, 0.1) is 16.7 Å². The van der Waals surface area contributed by atoms with Crippen molar-refractivity contribution in [2.75, 3.05) is 13.1 Å². The van der Waals surface area contributed by atoms with E-state index in [9.17, 15) is 4.79 Å². The van der Waals surface area contributed by atoms with E-state index in [0.29, 0.717) is 5.91 Å². The molecule has 16 heavy (non-hydrogen) atoms. The zero-order valence-corrected chi connectivity index (χ0v) is 11.5. The van der Waals surface area contributed by atoms with Crippen molar-refractivity contribution in [1.82, 2.24) is 4.90 Å². The molecule has 2 nitrogen and oxygen atoms in total. The van der Waals surface area contributed by atoms with Gasteiger partial charge in [-0.3, -0.25) is 4.79 Å². The van der Waals surface area contributed by atoms with Crippen LogP contribution >= 0.6 is 11.6 Å². The van der Waals surface area contributed by atoms with Crippen LogP contribution in [0.15, 0.2) is 0 Å². The summed E-state index contributed by atoms with van der Waals surface area (Å²) in [5.41, 5.74) is 0.309. The van der Waals surface area contributed by atoms with Crippen LogP contribution < -0.4 is 0 Å². The summed E-state index contributed by atoms with van der Waals surface area (Å²) in [6, 6.07) is 0. The third-order valence-corrected chi connectivity index (χ3v) is 5.44. The standard InChI is InChI=1S/C13H22ClNO/c1-12(2)10(13(12,3)4)11(16)15-7-5-9(14)6-8-15/h9-10H,5-8H2,1-4H3. The number of likely N-dealkylation sites (tertiary alicyclic amines) is 1. The lowest BCUT2D eigenvalue weighted by Crippen LogP contribution is -2.40. The second-order valence-corrected chi connectivity index (χ2v) is 6.99. The van der Waals surface area contributed by atoms with Crippen LogP contribution in [0.1, 0.15) is 40.5 Å². The molecule has 0 aromatic rings. The van der Waals surface area contributed by atoms with Gasteiger partial charge in [-0.25, -0.2) is 0 Å². The van der Waals surface area contributed by atoms with Crippen molar-refractivity contribution >= 4 is 17.5 Å². The van der Waals surface area contributed by atoms with E-state index >= 15 is 0 Å². The smallest absolute Gasteiger partial charge is 0.226 e. The number of carbonyl (C=O) groups is 1. The number of nitrogens with zero attached hydrogens (tertiary/aromatic N) is 1. The summed E-state index contributed by atoms with van der Waals surface area (Å²) < 4.78 is 0. The zero-order valence-electron chi connectivity index (χ0n) is 10.7. The molecule has 0 atom stereocenters. The fraction of sp³-hybridized carbons (Fsp3) is 0.923. The summed E-state index contributed by atoms with van der Waals surface area (Å²) in [6.45, 7) is 10.5. The molecule has 3 heteroatoms. The molecule has 2 aliphatic rings. The molecular weight excluding hydrogens is 222 g/mol. The molecule has 2 fully saturated rings. The Morgan fingerprint density at radius 1 is 1.12 bits per heavy atom. The van der Waals surface area contributed by atoms with Crippen molar-refractivity contribution in [3.8, 4) is 0 Å². The molecule has 0 aromatic heterocycles. The van der Waals surface area contributed by atoms with Crippen molar-refractivity contribution in [3.05, 3.63) is 0 Å². The molecule has 0 unspecified atom stereocenters. The van der Waals surface area contributed by atoms with E-state index in [1.807, 2.05) is 4.90 Å². The van der Waals surface area contributed by atoms with E-state index < -0.39 is 0 Å². The summed E-state index contributed by atoms with van der Waals surface area (Å²) in [5, 5.41) is 0.268. The van der Waals surface area contributed by atoms with E-state index in [0.717, 1.165) is 25.9 Å². The normalized spacial score (nSPS) is 29.2. The summed E-state index contributed by atoms with van der Waals surface area (Å²) >= 11 is 6.06. The first-order chi connectivity index (χ1) is 7.28. The molecule has 0 spiro atoms. The van der Waals surface area contributed by atoms with E-state index in [-0.39, 0.29) is 22.1 Å². The number of carbonyl (C=O) groups excluding carboxylic acids is 1. The number of hydrogen-bond donors (Lipinski definition) is 0. The van der Waals surface area contributed by atoms with E-state index in [2.05, 4.69) is 27.7 Å². The maximum atomic E-state index is 12.4. The third-order valence-electron chi connectivity index (χ3n) is 5.00. The molecule has 0 aromatic carbocycles. The Morgan fingerprint density at radius 2 is 1.56 bits per heavy atom. The second-order valence-electron chi connectivity index (χ2n) is 6.38. The van der Waals surface area contributed by atoms with Crippen LogP contribution in [-0.4, -0.2) is 29.3 Å². The first-order valence-corrected chi connectivity index (χ1v) is 6.65. The highest BCUT2D eigenvalue weighted by atomic mass is 35.5. The molecule has 1 aliphatic carbocycles. The molecule has 1 heterocycles. The van der Waals surface area contributed by atoms with Crippen LogP contribution in [0.3, 0.4) is 0 Å². The molecule has 0 bridgehead atoms. The van der Waals surface area contributed by atoms with Crippen LogP contribution in [0.25, 0.3) is 0 Å². The van der Waals surface area contributed by atoms with Gasteiger partial charge in [-0.05, 0) is 23.7 Å². The average Bonchev–Trinajstić information content (AvgIpc) is 2.57. The predicted octanol–water partition coefficient (Wildman–Crippen LogP) is 2.90. The Kier molecular flexibility index (Phi) is 2.77. The molecule has 0 N–H and O–H groups in total. The minimum atomic E-state index is 0.155. The highest BCUT2D eigenvalue weighted by Gasteiger charge is 2.68. The van der Waals surface area contributed by atoms with Gasteiger partial charge in [0.2, 0.25) is 5.91 Å². The van der Waals surface area contributed by atoms with Gasteiger partial charge < -0.3 is 4.90 Å². The summed E-state index contributed by atoms with van der Waals surface area (Å²) in [6.07, 6.45) is 1.89. The first kappa shape index (κ1) is 12.2. The summed E-state index contributed by atoms with van der Waals surface area (Å²) in [5.74, 6) is 0.547. The highest BCUT2D eigenvalue weighted by molar-refractivity contribution is 6.20. The number of halogens is 1. The fourth-order valence-electron chi connectivity index (χ4n) is 3.06. The van der Waals surface area contributed by atoms with Crippen LogP contribution in [-0.2, 0) is 4.79 Å². The Bertz CT molecular complexity index is 289. The lowest BCUT2D eigenvalue weighted by Gasteiger charge is -2.30. The van der Waals surface area contributed by atoms with Crippen molar-refractivity contribution in [1.29, 1.82) is 0 Å². The SMILES string of the molecule is CC1(C)C(C(=O)N2CCC(Cl)CC2)C1(C)C. The van der Waals surface area contributed by atoms with E-state index in [1.165, 1.54) is 0 Å². The van der Waals surface area contributed by atoms with Crippen molar-refractivity contribution < 1.29 is 4.79 Å². The topological polar surface area (TPSA) is 20.3 Å². The predicted molar refractivity (Wildman–Crippen MR) is 66.5 cm³/mol. The first-order valence-electron chi connectivity index (χ1n) is 6.21. The maximum absolute atomic E-state index is 12.4. The summed E-state index contributed by atoms with van der Waals surface area (Å²) in [7, 11) is 0. The molecule has 1 amide bonds. The molecule has 2 rings (SSSR count). The molecule has 92 valence electrons. The van der Waals surface area contributed by atoms with E-state index in [4.69, 9.17) is 11.6 Å². The fourth-order valence-corrected chi connectivity index (χ4v) is 3.26. The quantitative estimate of drug-likeness (QED) is 0.649. The molecule has 1 saturated carbocycles. The lowest BCUT2D eigenvalue weighted by atomic mass is 10.0. The van der Waals surface area contributed by atoms with Gasteiger partial charge in [-0.1, -0.05) is 27.7 Å². The molecule has 0 radical (unpaired) electrons. The third kappa shape index (κ3) is 1.66. The lowest BCUT2D eigenvalue weighted by molar-refractivity contribution is -0.134. The number of alkyl halides is 1. The minimum Gasteiger partial charge on any atom is -0.342 e. The largest absolute Gasteiger partial charge is 0.342 e. The molecule has 1 saturated heterocycles. The van der Waals surface area contributed by atoms with Crippen LogP contribution in [0.2, 0.25) is 0 Å². The van der Waals surface area contributed by atoms with Gasteiger partial charge in [0.15, 0.2) is 0 Å². The average molecular weight is 244 g/mol. The van der Waals surface area contributed by atoms with Gasteiger partial charge >= 0.3 is 0 Å². The van der Waals surface area contributed by atoms with Gasteiger partial charge in [-0.15, -0.1) is 11.6 Å². The van der Waals surface area contributed by atoms with Crippen LogP contribution in [0.5, 0.6) is 0 Å². The molecule has 1 aliphatic heterocycles. The number of rotatable bonds is 1. The maximum Gasteiger partial charge on any atom is 0.226 e. The number of amides is 1. The van der Waals surface area contributed by atoms with Gasteiger partial charge in [0.25, 0.3) is 0 Å². The van der Waals surface area contributed by atoms with Crippen molar-refractivity contribution in [2.45, 2.75) is 45.9 Å². The Labute approximate surface area is 103 Å². The number of piperidine rings is 1. The number of hydrogen-bond acceptors (Lipinski definition) is 1. The second kappa shape index (κ2) is 3.63. The zero-order chi connectivity index (χ0) is 12.1. The van der Waals surface area contributed by atoms with Gasteiger partial charge in [-0.2, -0.15) is 0 Å². The summed E-state index contributed by atoms with van der Waals surface area (Å²) in [4.78, 5) is 14.4. The van der Waals surface area contributed by atoms with E-state index in [1.54, 1.807) is 0 Å². The van der Waals surface area contributed by atoms with Crippen LogP contribution in [0.4, 0.5) is 0 Å². The minimum absolute atomic E-state index is 0.155. The Balaban J connectivity index is 2.00. The Hall–Kier alpha value is -0.240. The van der Waals surface area contributed by atoms with Gasteiger partial charge in [0.1, 0.15) is 0 Å². The Morgan fingerprint density at radius 3 is 1.94 bits per heavy atom. The van der Waals surface area contributed by atoms with Crippen molar-refractivity contribution in [3.63, 3.8) is 0 Å². The molecular formula is C13H22ClNO. The highest BCUT2D eigenvalue weighted by Crippen LogP contribution is 2.68. The van der Waals surface area contributed by atoms with Gasteiger partial charge in [0, 0.05) is 24.4 Å². The van der Waals surface area contributed by atoms with Gasteiger partial charge in [0.05, 0.1) is 0 Å². The van der Waals surface area contributed by atoms with Crippen molar-refractivity contribution in [2.24, 2.45) is 16.7 Å².